The minimum Gasteiger partial charge on any atom is -0.412 e. The van der Waals surface area contributed by atoms with Gasteiger partial charge in [0.1, 0.15) is 0 Å². The molecule has 0 radical (unpaired) electrons. The lowest BCUT2D eigenvalue weighted by molar-refractivity contribution is 0.138. The summed E-state index contributed by atoms with van der Waals surface area (Å²) in [5.74, 6) is 0. The molecule has 0 aromatic heterocycles. The molecular formula is C5H15NO2. The van der Waals surface area contributed by atoms with E-state index in [2.05, 4.69) is 6.92 Å². The van der Waals surface area contributed by atoms with Crippen LogP contribution in [0.3, 0.4) is 0 Å². The lowest BCUT2D eigenvalue weighted by atomic mass is 10.4. The highest BCUT2D eigenvalue weighted by atomic mass is 16.5. The minimum absolute atomic E-state index is 0. The first-order chi connectivity index (χ1) is 3.41. The van der Waals surface area contributed by atoms with Crippen LogP contribution < -0.4 is 5.73 Å². The van der Waals surface area contributed by atoms with Crippen LogP contribution >= 0.6 is 0 Å². The third-order valence-electron chi connectivity index (χ3n) is 0.760. The molecule has 0 unspecified atom stereocenters. The van der Waals surface area contributed by atoms with Crippen molar-refractivity contribution in [1.29, 1.82) is 0 Å². The van der Waals surface area contributed by atoms with E-state index in [4.69, 9.17) is 10.5 Å². The molecule has 3 heteroatoms. The Bertz CT molecular complexity index is 29.6. The Morgan fingerprint density at radius 2 is 2.12 bits per heavy atom. The van der Waals surface area contributed by atoms with Crippen molar-refractivity contribution in [1.82, 2.24) is 0 Å². The number of nitrogens with two attached hydrogens (primary N) is 1. The highest BCUT2D eigenvalue weighted by Gasteiger charge is 1.78. The quantitative estimate of drug-likeness (QED) is 0.416. The molecule has 0 heterocycles. The Hall–Kier alpha value is -0.120. The highest BCUT2D eigenvalue weighted by molar-refractivity contribution is 4.27. The highest BCUT2D eigenvalue weighted by Crippen LogP contribution is 1.84. The van der Waals surface area contributed by atoms with E-state index >= 15 is 0 Å². The molecular weight excluding hydrogens is 106 g/mol. The van der Waals surface area contributed by atoms with Crippen LogP contribution in [-0.4, -0.2) is 18.8 Å². The first-order valence-corrected chi connectivity index (χ1v) is 2.69. The van der Waals surface area contributed by atoms with E-state index in [9.17, 15) is 0 Å². The van der Waals surface area contributed by atoms with Crippen molar-refractivity contribution in [3.05, 3.63) is 0 Å². The summed E-state index contributed by atoms with van der Waals surface area (Å²) in [5.41, 5.74) is 5.05. The van der Waals surface area contributed by atoms with Crippen molar-refractivity contribution in [2.75, 3.05) is 13.3 Å². The second-order valence-corrected chi connectivity index (χ2v) is 1.43. The maximum absolute atomic E-state index is 5.05. The van der Waals surface area contributed by atoms with Crippen molar-refractivity contribution in [2.24, 2.45) is 5.73 Å². The molecule has 8 heavy (non-hydrogen) atoms. The molecule has 0 aromatic carbocycles. The fourth-order valence-electron chi connectivity index (χ4n) is 0.330. The van der Waals surface area contributed by atoms with Crippen LogP contribution in [-0.2, 0) is 4.74 Å². The van der Waals surface area contributed by atoms with Gasteiger partial charge in [0.25, 0.3) is 0 Å². The Morgan fingerprint density at radius 1 is 1.50 bits per heavy atom. The van der Waals surface area contributed by atoms with Gasteiger partial charge in [-0.1, -0.05) is 13.3 Å². The molecule has 52 valence electrons. The maximum Gasteiger partial charge on any atom is 0.0940 e. The summed E-state index contributed by atoms with van der Waals surface area (Å²) in [7, 11) is 0. The smallest absolute Gasteiger partial charge is 0.0940 e. The Kier molecular flexibility index (Phi) is 13.5. The van der Waals surface area contributed by atoms with Crippen LogP contribution in [0.4, 0.5) is 0 Å². The summed E-state index contributed by atoms with van der Waals surface area (Å²) in [4.78, 5) is 0. The molecule has 0 aliphatic rings. The maximum atomic E-state index is 5.05. The van der Waals surface area contributed by atoms with E-state index in [1.54, 1.807) is 0 Å². The molecule has 0 aliphatic carbocycles. The van der Waals surface area contributed by atoms with Crippen molar-refractivity contribution < 1.29 is 10.2 Å². The fraction of sp³-hybridized carbons (Fsp3) is 1.00. The molecule has 0 atom stereocenters. The predicted octanol–water partition coefficient (Wildman–Crippen LogP) is -0.105. The summed E-state index contributed by atoms with van der Waals surface area (Å²) in [6.45, 7) is 3.30. The van der Waals surface area contributed by atoms with Crippen LogP contribution in [0.1, 0.15) is 19.8 Å². The predicted molar refractivity (Wildman–Crippen MR) is 33.5 cm³/mol. The first kappa shape index (κ1) is 10.8. The van der Waals surface area contributed by atoms with E-state index in [1.165, 1.54) is 6.42 Å². The van der Waals surface area contributed by atoms with Crippen LogP contribution in [0.15, 0.2) is 0 Å². The summed E-state index contributed by atoms with van der Waals surface area (Å²) in [5, 5.41) is 0. The van der Waals surface area contributed by atoms with Gasteiger partial charge in [0.2, 0.25) is 0 Å². The van der Waals surface area contributed by atoms with E-state index in [0.717, 1.165) is 13.0 Å². The molecule has 4 N–H and O–H groups in total. The van der Waals surface area contributed by atoms with Gasteiger partial charge in [-0.3, -0.25) is 0 Å². The molecule has 0 amide bonds. The van der Waals surface area contributed by atoms with E-state index in [-0.39, 0.29) is 5.48 Å². The first-order valence-electron chi connectivity index (χ1n) is 2.69. The summed E-state index contributed by atoms with van der Waals surface area (Å²) in [6.07, 6.45) is 2.30. The zero-order valence-electron chi connectivity index (χ0n) is 5.31. The van der Waals surface area contributed by atoms with Crippen LogP contribution in [0, 0.1) is 0 Å². The minimum atomic E-state index is 0. The molecule has 0 bridgehead atoms. The average Bonchev–Trinajstić information content (AvgIpc) is 1.69. The molecule has 0 aliphatic heterocycles. The number of hydrogen-bond donors (Lipinski definition) is 1. The third-order valence-corrected chi connectivity index (χ3v) is 0.760. The second kappa shape index (κ2) is 9.99. The van der Waals surface area contributed by atoms with Gasteiger partial charge < -0.3 is 15.9 Å². The third kappa shape index (κ3) is 9.30. The topological polar surface area (TPSA) is 66.8 Å². The van der Waals surface area contributed by atoms with Gasteiger partial charge in [0, 0.05) is 6.61 Å². The molecule has 0 fully saturated rings. The molecule has 0 rings (SSSR count). The second-order valence-electron chi connectivity index (χ2n) is 1.43. The van der Waals surface area contributed by atoms with Gasteiger partial charge in [-0.25, -0.2) is 0 Å². The van der Waals surface area contributed by atoms with Crippen molar-refractivity contribution in [2.45, 2.75) is 19.8 Å². The summed E-state index contributed by atoms with van der Waals surface area (Å²) < 4.78 is 4.85. The summed E-state index contributed by atoms with van der Waals surface area (Å²) >= 11 is 0. The van der Waals surface area contributed by atoms with Gasteiger partial charge in [-0.2, -0.15) is 0 Å². The number of ether oxygens (including phenoxy) is 1. The lowest BCUT2D eigenvalue weighted by Gasteiger charge is -1.94. The normalized spacial score (nSPS) is 8.25. The number of rotatable bonds is 4. The SMILES string of the molecule is CCCCOCN.O. The molecule has 0 aromatic rings. The van der Waals surface area contributed by atoms with E-state index in [1.807, 2.05) is 0 Å². The average molecular weight is 121 g/mol. The van der Waals surface area contributed by atoms with Crippen LogP contribution in [0.25, 0.3) is 0 Å². The number of unbranched alkanes of at least 4 members (excludes halogenated alkanes) is 1. The monoisotopic (exact) mass is 121 g/mol. The lowest BCUT2D eigenvalue weighted by Crippen LogP contribution is -2.04. The molecule has 0 spiro atoms. The van der Waals surface area contributed by atoms with Crippen molar-refractivity contribution in [3.8, 4) is 0 Å². The van der Waals surface area contributed by atoms with Crippen molar-refractivity contribution >= 4 is 0 Å². The van der Waals surface area contributed by atoms with Gasteiger partial charge in [0.15, 0.2) is 0 Å². The van der Waals surface area contributed by atoms with Crippen molar-refractivity contribution in [3.63, 3.8) is 0 Å². The zero-order valence-corrected chi connectivity index (χ0v) is 5.31. The number of hydrogen-bond acceptors (Lipinski definition) is 2. The van der Waals surface area contributed by atoms with Crippen LogP contribution in [0.5, 0.6) is 0 Å². The van der Waals surface area contributed by atoms with E-state index in [0.29, 0.717) is 6.73 Å². The van der Waals surface area contributed by atoms with E-state index < -0.39 is 0 Å². The fourth-order valence-corrected chi connectivity index (χ4v) is 0.330. The standard InChI is InChI=1S/C5H13NO.H2O/c1-2-3-4-7-5-6;/h2-6H2,1H3;1H2. The Labute approximate surface area is 50.1 Å². The van der Waals surface area contributed by atoms with Gasteiger partial charge >= 0.3 is 0 Å². The van der Waals surface area contributed by atoms with Gasteiger partial charge in [-0.15, -0.1) is 0 Å². The largest absolute Gasteiger partial charge is 0.412 e. The Balaban J connectivity index is 0. The van der Waals surface area contributed by atoms with Crippen LogP contribution in [0.2, 0.25) is 0 Å². The molecule has 0 saturated carbocycles. The summed E-state index contributed by atoms with van der Waals surface area (Å²) in [6, 6.07) is 0. The van der Waals surface area contributed by atoms with Gasteiger partial charge in [-0.05, 0) is 6.42 Å². The Morgan fingerprint density at radius 3 is 2.50 bits per heavy atom. The zero-order chi connectivity index (χ0) is 5.54. The molecule has 3 nitrogen and oxygen atoms in total. The van der Waals surface area contributed by atoms with Gasteiger partial charge in [0.05, 0.1) is 6.73 Å². The molecule has 0 saturated heterocycles.